The average molecular weight is 530 g/mol. The maximum Gasteiger partial charge on any atom is 0.287 e. The summed E-state index contributed by atoms with van der Waals surface area (Å²) in [5.41, 5.74) is 8.16. The van der Waals surface area contributed by atoms with Crippen LogP contribution in [0.1, 0.15) is 21.7 Å². The summed E-state index contributed by atoms with van der Waals surface area (Å²) in [5, 5.41) is 11.6. The minimum Gasteiger partial charge on any atom is -0.496 e. The molecule has 8 heteroatoms. The minimum absolute atomic E-state index is 0.344. The van der Waals surface area contributed by atoms with Crippen LogP contribution in [0.5, 0.6) is 11.5 Å². The van der Waals surface area contributed by atoms with Crippen molar-refractivity contribution in [2.24, 2.45) is 5.10 Å². The number of carbonyl (C=O) groups excluding carboxylic acids is 1. The van der Waals surface area contributed by atoms with Gasteiger partial charge in [-0.3, -0.25) is 4.79 Å². The van der Waals surface area contributed by atoms with Gasteiger partial charge in [0.15, 0.2) is 0 Å². The molecule has 0 atom stereocenters. The molecule has 0 aliphatic heterocycles. The Morgan fingerprint density at radius 3 is 2.55 bits per heavy atom. The molecule has 0 fully saturated rings. The van der Waals surface area contributed by atoms with E-state index in [1.165, 1.54) is 0 Å². The predicted molar refractivity (Wildman–Crippen MR) is 160 cm³/mol. The Balaban J connectivity index is 1.24. The van der Waals surface area contributed by atoms with Crippen molar-refractivity contribution in [1.29, 1.82) is 0 Å². The van der Waals surface area contributed by atoms with E-state index in [2.05, 4.69) is 25.8 Å². The van der Waals surface area contributed by atoms with E-state index in [0.29, 0.717) is 11.4 Å². The predicted octanol–water partition coefficient (Wildman–Crippen LogP) is 6.70. The fourth-order valence-corrected chi connectivity index (χ4v) is 4.91. The maximum absolute atomic E-state index is 12.9. The number of aromatic amines is 1. The van der Waals surface area contributed by atoms with Crippen LogP contribution in [0, 0.1) is 6.92 Å². The Morgan fingerprint density at radius 1 is 0.875 bits per heavy atom. The summed E-state index contributed by atoms with van der Waals surface area (Å²) < 4.78 is 11.0. The Labute approximate surface area is 230 Å². The molecule has 2 aromatic heterocycles. The van der Waals surface area contributed by atoms with Crippen molar-refractivity contribution in [3.05, 3.63) is 102 Å². The minimum atomic E-state index is -0.344. The number of H-pyrrole nitrogens is 1. The number of carbonyl (C=O) groups is 1. The number of hydrogen-bond acceptors (Lipinski definition) is 6. The highest BCUT2D eigenvalue weighted by atomic mass is 16.5. The molecule has 198 valence electrons. The SMILES string of the molecule is COc1ccc2ccccc2c1/C=N/NC(=O)c1cc2cc(Nc3cc(C)nc4c(OC)cccc34)ccc2[nH]1. The van der Waals surface area contributed by atoms with Gasteiger partial charge in [-0.15, -0.1) is 0 Å². The summed E-state index contributed by atoms with van der Waals surface area (Å²) in [5.74, 6) is 1.06. The molecule has 40 heavy (non-hydrogen) atoms. The molecule has 0 unspecified atom stereocenters. The third kappa shape index (κ3) is 4.67. The topological polar surface area (TPSA) is 101 Å². The van der Waals surface area contributed by atoms with Crippen LogP contribution in [0.4, 0.5) is 11.4 Å². The van der Waals surface area contributed by atoms with E-state index < -0.39 is 0 Å². The lowest BCUT2D eigenvalue weighted by Gasteiger charge is -2.13. The average Bonchev–Trinajstić information content (AvgIpc) is 3.40. The van der Waals surface area contributed by atoms with Crippen molar-refractivity contribution in [3.63, 3.8) is 0 Å². The van der Waals surface area contributed by atoms with Gasteiger partial charge in [0, 0.05) is 38.9 Å². The summed E-state index contributed by atoms with van der Waals surface area (Å²) in [4.78, 5) is 20.8. The van der Waals surface area contributed by atoms with Crippen LogP contribution in [0.25, 0.3) is 32.6 Å². The number of rotatable bonds is 7. The quantitative estimate of drug-likeness (QED) is 0.158. The van der Waals surface area contributed by atoms with Crippen molar-refractivity contribution in [2.45, 2.75) is 6.92 Å². The van der Waals surface area contributed by atoms with Gasteiger partial charge < -0.3 is 19.8 Å². The molecule has 0 radical (unpaired) electrons. The number of nitrogens with zero attached hydrogens (tertiary/aromatic N) is 2. The standard InChI is InChI=1S/C32H27N5O3/c1-19-15-27(24-9-6-10-30(40-3)31(24)34-19)35-22-12-13-26-21(16-22)17-28(36-26)32(38)37-33-18-25-23-8-5-4-7-20(23)11-14-29(25)39-2/h4-18,36H,1-3H3,(H,34,35)(H,37,38)/b33-18+. The largest absolute Gasteiger partial charge is 0.496 e. The Kier molecular flexibility index (Phi) is 6.49. The van der Waals surface area contributed by atoms with Crippen molar-refractivity contribution in [2.75, 3.05) is 19.5 Å². The zero-order valence-electron chi connectivity index (χ0n) is 22.3. The molecule has 8 nitrogen and oxygen atoms in total. The molecular weight excluding hydrogens is 502 g/mol. The Bertz CT molecular complexity index is 1930. The van der Waals surface area contributed by atoms with Gasteiger partial charge in [0.25, 0.3) is 5.91 Å². The molecule has 0 spiro atoms. The molecule has 4 aromatic carbocycles. The van der Waals surface area contributed by atoms with Gasteiger partial charge in [0.1, 0.15) is 22.7 Å². The Hall–Kier alpha value is -5.37. The van der Waals surface area contributed by atoms with Gasteiger partial charge in [-0.2, -0.15) is 5.10 Å². The van der Waals surface area contributed by atoms with Gasteiger partial charge in [-0.05, 0) is 60.2 Å². The number of ether oxygens (including phenoxy) is 2. The van der Waals surface area contributed by atoms with E-state index in [9.17, 15) is 4.79 Å². The number of nitrogens with one attached hydrogen (secondary N) is 3. The molecule has 1 amide bonds. The van der Waals surface area contributed by atoms with Gasteiger partial charge in [0.2, 0.25) is 0 Å². The highest BCUT2D eigenvalue weighted by molar-refractivity contribution is 6.04. The van der Waals surface area contributed by atoms with Crippen LogP contribution in [-0.4, -0.2) is 36.3 Å². The van der Waals surface area contributed by atoms with E-state index in [4.69, 9.17) is 9.47 Å². The number of benzene rings is 4. The second-order valence-corrected chi connectivity index (χ2v) is 9.38. The smallest absolute Gasteiger partial charge is 0.287 e. The lowest BCUT2D eigenvalue weighted by molar-refractivity contribution is 0.0951. The first-order valence-electron chi connectivity index (χ1n) is 12.8. The van der Waals surface area contributed by atoms with Gasteiger partial charge in [-0.1, -0.05) is 42.5 Å². The summed E-state index contributed by atoms with van der Waals surface area (Å²) in [6.07, 6.45) is 1.61. The monoisotopic (exact) mass is 529 g/mol. The van der Waals surface area contributed by atoms with Crippen molar-refractivity contribution in [3.8, 4) is 11.5 Å². The number of amides is 1. The van der Waals surface area contributed by atoms with Crippen LogP contribution in [0.2, 0.25) is 0 Å². The molecule has 0 saturated carbocycles. The second-order valence-electron chi connectivity index (χ2n) is 9.38. The van der Waals surface area contributed by atoms with Crippen LogP contribution >= 0.6 is 0 Å². The van der Waals surface area contributed by atoms with E-state index in [1.54, 1.807) is 20.4 Å². The molecule has 3 N–H and O–H groups in total. The first-order chi connectivity index (χ1) is 19.5. The lowest BCUT2D eigenvalue weighted by Crippen LogP contribution is -2.18. The highest BCUT2D eigenvalue weighted by Crippen LogP contribution is 2.32. The number of hydrogen-bond donors (Lipinski definition) is 3. The second kappa shape index (κ2) is 10.4. The normalized spacial score (nSPS) is 11.4. The maximum atomic E-state index is 12.9. The number of aryl methyl sites for hydroxylation is 1. The summed E-state index contributed by atoms with van der Waals surface area (Å²) >= 11 is 0. The summed E-state index contributed by atoms with van der Waals surface area (Å²) in [7, 11) is 3.26. The molecular formula is C32H27N5O3. The Morgan fingerprint density at radius 2 is 1.70 bits per heavy atom. The zero-order valence-corrected chi connectivity index (χ0v) is 22.3. The first-order valence-corrected chi connectivity index (χ1v) is 12.8. The number of methoxy groups -OCH3 is 2. The van der Waals surface area contributed by atoms with Crippen molar-refractivity contribution in [1.82, 2.24) is 15.4 Å². The third-order valence-electron chi connectivity index (χ3n) is 6.81. The van der Waals surface area contributed by atoms with Gasteiger partial charge >= 0.3 is 0 Å². The molecule has 0 aliphatic carbocycles. The fourth-order valence-electron chi connectivity index (χ4n) is 4.91. The number of fused-ring (bicyclic) bond motifs is 3. The van der Waals surface area contributed by atoms with Crippen molar-refractivity contribution >= 4 is 56.1 Å². The number of hydrazone groups is 1. The van der Waals surface area contributed by atoms with Crippen LogP contribution < -0.4 is 20.2 Å². The zero-order chi connectivity index (χ0) is 27.6. The number of pyridine rings is 1. The summed E-state index contributed by atoms with van der Waals surface area (Å²) in [6, 6.07) is 27.4. The third-order valence-corrected chi connectivity index (χ3v) is 6.81. The van der Waals surface area contributed by atoms with E-state index in [1.807, 2.05) is 91.9 Å². The van der Waals surface area contributed by atoms with Crippen LogP contribution in [-0.2, 0) is 0 Å². The highest BCUT2D eigenvalue weighted by Gasteiger charge is 2.12. The number of anilines is 2. The molecule has 6 aromatic rings. The molecule has 0 aliphatic rings. The lowest BCUT2D eigenvalue weighted by atomic mass is 10.0. The van der Waals surface area contributed by atoms with Gasteiger partial charge in [-0.25, -0.2) is 10.4 Å². The molecule has 6 rings (SSSR count). The van der Waals surface area contributed by atoms with E-state index in [0.717, 1.165) is 61.0 Å². The number of para-hydroxylation sites is 1. The van der Waals surface area contributed by atoms with Gasteiger partial charge in [0.05, 0.1) is 20.4 Å². The first kappa shape index (κ1) is 24.9. The molecule has 0 bridgehead atoms. The summed E-state index contributed by atoms with van der Waals surface area (Å²) in [6.45, 7) is 1.95. The van der Waals surface area contributed by atoms with E-state index in [-0.39, 0.29) is 5.91 Å². The molecule has 2 heterocycles. The van der Waals surface area contributed by atoms with Crippen molar-refractivity contribution < 1.29 is 14.3 Å². The number of aromatic nitrogens is 2. The van der Waals surface area contributed by atoms with Crippen LogP contribution in [0.15, 0.2) is 90.0 Å². The van der Waals surface area contributed by atoms with E-state index >= 15 is 0 Å². The molecule has 0 saturated heterocycles. The fraction of sp³-hybridized carbons (Fsp3) is 0.0938. The van der Waals surface area contributed by atoms with Crippen LogP contribution in [0.3, 0.4) is 0 Å².